The molecule has 0 spiro atoms. The first-order valence-electron chi connectivity index (χ1n) is 8.07. The molecule has 2 N–H and O–H groups in total. The first-order chi connectivity index (χ1) is 9.79. The van der Waals surface area contributed by atoms with Crippen LogP contribution in [0.2, 0.25) is 0 Å². The molecule has 0 aromatic rings. The van der Waals surface area contributed by atoms with E-state index in [9.17, 15) is 10.2 Å². The molecule has 8 unspecified atom stereocenters. The van der Waals surface area contributed by atoms with Gasteiger partial charge in [0.25, 0.3) is 0 Å². The summed E-state index contributed by atoms with van der Waals surface area (Å²) in [6.07, 6.45) is 3.50. The van der Waals surface area contributed by atoms with Gasteiger partial charge < -0.3 is 10.2 Å². The SMILES string of the molecule is CC(C)C1CC(Cl)CC(CC2CC(Br)CC(Cl)C2O)C1O. The highest BCUT2D eigenvalue weighted by molar-refractivity contribution is 9.09. The molecular weight excluding hydrogens is 375 g/mol. The average Bonchev–Trinajstić information content (AvgIpc) is 2.38. The summed E-state index contributed by atoms with van der Waals surface area (Å²) in [4.78, 5) is 0.363. The normalized spacial score (nSPS) is 48.6. The molecule has 0 aliphatic heterocycles. The molecule has 2 rings (SSSR count). The summed E-state index contributed by atoms with van der Waals surface area (Å²) in [5.41, 5.74) is 0. The molecule has 0 bridgehead atoms. The predicted molar refractivity (Wildman–Crippen MR) is 92.4 cm³/mol. The third-order valence-electron chi connectivity index (χ3n) is 5.36. The van der Waals surface area contributed by atoms with E-state index >= 15 is 0 Å². The molecule has 2 fully saturated rings. The van der Waals surface area contributed by atoms with Gasteiger partial charge in [0.1, 0.15) is 0 Å². The Morgan fingerprint density at radius 2 is 1.62 bits per heavy atom. The minimum absolute atomic E-state index is 0.137. The number of rotatable bonds is 3. The van der Waals surface area contributed by atoms with Crippen LogP contribution in [0.4, 0.5) is 0 Å². The molecule has 0 radical (unpaired) electrons. The minimum atomic E-state index is -0.471. The van der Waals surface area contributed by atoms with Gasteiger partial charge in [-0.25, -0.2) is 0 Å². The number of hydrogen-bond acceptors (Lipinski definition) is 2. The van der Waals surface area contributed by atoms with Gasteiger partial charge in [0.15, 0.2) is 0 Å². The Bertz CT molecular complexity index is 342. The summed E-state index contributed by atoms with van der Waals surface area (Å²) in [5, 5.41) is 21.0. The van der Waals surface area contributed by atoms with Crippen LogP contribution in [0.5, 0.6) is 0 Å². The van der Waals surface area contributed by atoms with Crippen LogP contribution in [0.15, 0.2) is 0 Å². The maximum Gasteiger partial charge on any atom is 0.0732 e. The van der Waals surface area contributed by atoms with Gasteiger partial charge in [-0.2, -0.15) is 0 Å². The lowest BCUT2D eigenvalue weighted by Crippen LogP contribution is -2.44. The molecule has 0 aromatic carbocycles. The molecule has 0 amide bonds. The van der Waals surface area contributed by atoms with Crippen LogP contribution in [0.1, 0.15) is 46.0 Å². The van der Waals surface area contributed by atoms with Crippen LogP contribution in [0, 0.1) is 23.7 Å². The average molecular weight is 402 g/mol. The zero-order chi connectivity index (χ0) is 15.7. The zero-order valence-corrected chi connectivity index (χ0v) is 15.9. The first kappa shape index (κ1) is 18.3. The second-order valence-corrected chi connectivity index (χ2v) is 9.77. The Labute approximate surface area is 146 Å². The maximum atomic E-state index is 10.7. The van der Waals surface area contributed by atoms with Crippen LogP contribution >= 0.6 is 39.1 Å². The van der Waals surface area contributed by atoms with Crippen molar-refractivity contribution in [3.8, 4) is 0 Å². The van der Waals surface area contributed by atoms with E-state index in [0.717, 1.165) is 32.1 Å². The van der Waals surface area contributed by atoms with E-state index in [1.165, 1.54) is 0 Å². The smallest absolute Gasteiger partial charge is 0.0732 e. The molecule has 0 aromatic heterocycles. The molecule has 0 heterocycles. The number of alkyl halides is 3. The second-order valence-electron chi connectivity index (χ2n) is 7.30. The van der Waals surface area contributed by atoms with Gasteiger partial charge in [-0.15, -0.1) is 23.2 Å². The lowest BCUT2D eigenvalue weighted by molar-refractivity contribution is -0.0256. The van der Waals surface area contributed by atoms with Crippen LogP contribution in [-0.2, 0) is 0 Å². The highest BCUT2D eigenvalue weighted by atomic mass is 79.9. The molecule has 21 heavy (non-hydrogen) atoms. The van der Waals surface area contributed by atoms with E-state index in [4.69, 9.17) is 23.2 Å². The van der Waals surface area contributed by atoms with E-state index in [1.807, 2.05) is 0 Å². The fourth-order valence-corrected chi connectivity index (χ4v) is 6.07. The monoisotopic (exact) mass is 400 g/mol. The third-order valence-corrected chi connectivity index (χ3v) is 6.90. The lowest BCUT2D eigenvalue weighted by Gasteiger charge is -2.43. The largest absolute Gasteiger partial charge is 0.393 e. The molecule has 8 atom stereocenters. The highest BCUT2D eigenvalue weighted by Gasteiger charge is 2.42. The van der Waals surface area contributed by atoms with Crippen LogP contribution < -0.4 is 0 Å². The van der Waals surface area contributed by atoms with Crippen molar-refractivity contribution in [2.45, 2.75) is 73.7 Å². The molecule has 124 valence electrons. The van der Waals surface area contributed by atoms with Crippen molar-refractivity contribution in [1.29, 1.82) is 0 Å². The molecule has 2 aliphatic rings. The van der Waals surface area contributed by atoms with Crippen molar-refractivity contribution in [1.82, 2.24) is 0 Å². The van der Waals surface area contributed by atoms with E-state index in [0.29, 0.717) is 10.7 Å². The van der Waals surface area contributed by atoms with Gasteiger partial charge in [-0.1, -0.05) is 29.8 Å². The van der Waals surface area contributed by atoms with Gasteiger partial charge in [0, 0.05) is 10.2 Å². The van der Waals surface area contributed by atoms with Crippen molar-refractivity contribution < 1.29 is 10.2 Å². The standard InChI is InChI=1S/C16H27BrCl2O2/c1-8(2)13-7-12(18)5-10(15(13)20)3-9-4-11(17)6-14(19)16(9)21/h8-16,20-21H,3-7H2,1-2H3. The van der Waals surface area contributed by atoms with Crippen LogP contribution in [0.25, 0.3) is 0 Å². The summed E-state index contributed by atoms with van der Waals surface area (Å²) in [6, 6.07) is 0. The Hall–Kier alpha value is 0.980. The number of halogens is 3. The maximum absolute atomic E-state index is 10.7. The Morgan fingerprint density at radius 1 is 1.00 bits per heavy atom. The van der Waals surface area contributed by atoms with Gasteiger partial charge in [0.05, 0.1) is 17.6 Å². The van der Waals surface area contributed by atoms with E-state index in [2.05, 4.69) is 29.8 Å². The fourth-order valence-electron chi connectivity index (χ4n) is 4.12. The Balaban J connectivity index is 2.03. The number of aliphatic hydroxyl groups excluding tert-OH is 2. The van der Waals surface area contributed by atoms with E-state index in [1.54, 1.807) is 0 Å². The van der Waals surface area contributed by atoms with Crippen molar-refractivity contribution >= 4 is 39.1 Å². The quantitative estimate of drug-likeness (QED) is 0.696. The fraction of sp³-hybridized carbons (Fsp3) is 1.00. The van der Waals surface area contributed by atoms with Gasteiger partial charge in [0.2, 0.25) is 0 Å². The lowest BCUT2D eigenvalue weighted by atomic mass is 9.69. The molecule has 5 heteroatoms. The second kappa shape index (κ2) is 7.70. The van der Waals surface area contributed by atoms with E-state index < -0.39 is 6.10 Å². The first-order valence-corrected chi connectivity index (χ1v) is 9.86. The molecule has 2 aliphatic carbocycles. The zero-order valence-electron chi connectivity index (χ0n) is 12.8. The molecule has 2 nitrogen and oxygen atoms in total. The minimum Gasteiger partial charge on any atom is -0.393 e. The van der Waals surface area contributed by atoms with Crippen LogP contribution in [0.3, 0.4) is 0 Å². The van der Waals surface area contributed by atoms with Gasteiger partial charge in [-0.05, 0) is 55.8 Å². The van der Waals surface area contributed by atoms with Crippen LogP contribution in [-0.4, -0.2) is 38.0 Å². The summed E-state index contributed by atoms with van der Waals surface area (Å²) in [6.45, 7) is 4.30. The predicted octanol–water partition coefficient (Wildman–Crippen LogP) is 4.17. The van der Waals surface area contributed by atoms with Gasteiger partial charge in [-0.3, -0.25) is 0 Å². The molecule has 2 saturated carbocycles. The number of hydrogen-bond donors (Lipinski definition) is 2. The van der Waals surface area contributed by atoms with Crippen molar-refractivity contribution in [2.24, 2.45) is 23.7 Å². The molecule has 0 saturated heterocycles. The summed E-state index contributed by atoms with van der Waals surface area (Å²) >= 11 is 16.3. The van der Waals surface area contributed by atoms with Crippen molar-refractivity contribution in [3.63, 3.8) is 0 Å². The summed E-state index contributed by atoms with van der Waals surface area (Å²) in [7, 11) is 0. The van der Waals surface area contributed by atoms with Crippen molar-refractivity contribution in [2.75, 3.05) is 0 Å². The molecular formula is C16H27BrCl2O2. The topological polar surface area (TPSA) is 40.5 Å². The Morgan fingerprint density at radius 3 is 2.24 bits per heavy atom. The van der Waals surface area contributed by atoms with E-state index in [-0.39, 0.29) is 34.6 Å². The van der Waals surface area contributed by atoms with Crippen molar-refractivity contribution in [3.05, 3.63) is 0 Å². The number of aliphatic hydroxyl groups is 2. The summed E-state index contributed by atoms with van der Waals surface area (Å²) < 4.78 is 0. The summed E-state index contributed by atoms with van der Waals surface area (Å²) in [5.74, 6) is 1.03. The Kier molecular flexibility index (Phi) is 6.72. The van der Waals surface area contributed by atoms with Gasteiger partial charge >= 0.3 is 0 Å². The third kappa shape index (κ3) is 4.50. The highest BCUT2D eigenvalue weighted by Crippen LogP contribution is 2.43.